The third-order valence-electron chi connectivity index (χ3n) is 6.27. The zero-order valence-corrected chi connectivity index (χ0v) is 18.1. The van der Waals surface area contributed by atoms with Crippen molar-refractivity contribution in [3.05, 3.63) is 23.7 Å². The molecule has 160 valence electrons. The van der Waals surface area contributed by atoms with Crippen LogP contribution in [0.4, 0.5) is 0 Å². The molecule has 2 saturated heterocycles. The van der Waals surface area contributed by atoms with Crippen molar-refractivity contribution in [2.45, 2.75) is 43.9 Å². The van der Waals surface area contributed by atoms with E-state index in [9.17, 15) is 8.42 Å². The summed E-state index contributed by atoms with van der Waals surface area (Å²) in [5.74, 6) is 1.84. The fourth-order valence-electron chi connectivity index (χ4n) is 4.49. The highest BCUT2D eigenvalue weighted by atomic mass is 32.2. The number of nitrogens with zero attached hydrogens (tertiary/aromatic N) is 6. The van der Waals surface area contributed by atoms with Gasteiger partial charge in [-0.25, -0.2) is 13.4 Å². The Labute approximate surface area is 170 Å². The summed E-state index contributed by atoms with van der Waals surface area (Å²) in [7, 11) is 1.90. The zero-order valence-electron chi connectivity index (χ0n) is 17.3. The number of ether oxygens (including phenoxy) is 1. The van der Waals surface area contributed by atoms with Gasteiger partial charge in [-0.15, -0.1) is 0 Å². The summed E-state index contributed by atoms with van der Waals surface area (Å²) in [6, 6.07) is 0.0750. The molecular weight excluding hydrogens is 396 g/mol. The molecule has 4 rings (SSSR count). The predicted molar refractivity (Wildman–Crippen MR) is 103 cm³/mol. The molecule has 1 unspecified atom stereocenters. The van der Waals surface area contributed by atoms with Gasteiger partial charge in [-0.3, -0.25) is 4.90 Å². The molecule has 0 aliphatic carbocycles. The van der Waals surface area contributed by atoms with Crippen molar-refractivity contribution >= 4 is 10.0 Å². The lowest BCUT2D eigenvalue weighted by Gasteiger charge is -2.38. The van der Waals surface area contributed by atoms with E-state index in [4.69, 9.17) is 9.26 Å². The molecule has 0 saturated carbocycles. The van der Waals surface area contributed by atoms with Gasteiger partial charge in [0.2, 0.25) is 0 Å². The molecule has 2 fully saturated rings. The molecule has 10 nitrogen and oxygen atoms in total. The first-order valence-electron chi connectivity index (χ1n) is 9.76. The van der Waals surface area contributed by atoms with Crippen LogP contribution in [0, 0.1) is 12.3 Å². The Morgan fingerprint density at radius 2 is 2.00 bits per heavy atom. The first-order chi connectivity index (χ1) is 13.7. The molecule has 1 atom stereocenters. The number of aryl methyl sites for hydroxylation is 2. The van der Waals surface area contributed by atoms with Gasteiger partial charge in [-0.05, 0) is 38.6 Å². The van der Waals surface area contributed by atoms with E-state index >= 15 is 0 Å². The molecule has 2 aliphatic rings. The average molecular weight is 425 g/mol. The second-order valence-corrected chi connectivity index (χ2v) is 10.1. The summed E-state index contributed by atoms with van der Waals surface area (Å²) >= 11 is 0. The Hall–Kier alpha value is -1.82. The minimum absolute atomic E-state index is 0.0630. The van der Waals surface area contributed by atoms with Crippen molar-refractivity contribution in [3.8, 4) is 0 Å². The van der Waals surface area contributed by atoms with Crippen LogP contribution in [0.2, 0.25) is 0 Å². The van der Waals surface area contributed by atoms with Crippen molar-refractivity contribution in [3.63, 3.8) is 0 Å². The van der Waals surface area contributed by atoms with E-state index in [-0.39, 0.29) is 16.5 Å². The van der Waals surface area contributed by atoms with Gasteiger partial charge in [0.1, 0.15) is 12.4 Å². The van der Waals surface area contributed by atoms with Gasteiger partial charge in [0, 0.05) is 40.0 Å². The molecule has 2 aliphatic heterocycles. The summed E-state index contributed by atoms with van der Waals surface area (Å²) in [6.45, 7) is 3.99. The number of sulfonamides is 1. The number of likely N-dealkylation sites (tertiary alicyclic amines) is 1. The highest BCUT2D eigenvalue weighted by molar-refractivity contribution is 7.89. The number of aromatic nitrogens is 4. The summed E-state index contributed by atoms with van der Waals surface area (Å²) in [5.41, 5.74) is 0.0630. The number of imidazole rings is 1. The van der Waals surface area contributed by atoms with Crippen LogP contribution in [0.5, 0.6) is 0 Å². The van der Waals surface area contributed by atoms with E-state index in [1.807, 2.05) is 0 Å². The highest BCUT2D eigenvalue weighted by Gasteiger charge is 2.47. The molecule has 0 amide bonds. The van der Waals surface area contributed by atoms with E-state index in [1.165, 1.54) is 0 Å². The lowest BCUT2D eigenvalue weighted by atomic mass is 9.77. The number of rotatable bonds is 5. The summed E-state index contributed by atoms with van der Waals surface area (Å²) < 4.78 is 39.5. The van der Waals surface area contributed by atoms with Crippen molar-refractivity contribution < 1.29 is 17.7 Å². The highest BCUT2D eigenvalue weighted by Crippen LogP contribution is 2.48. The molecule has 0 N–H and O–H groups in total. The third-order valence-corrected chi connectivity index (χ3v) is 8.04. The molecule has 11 heteroatoms. The van der Waals surface area contributed by atoms with Gasteiger partial charge in [0.05, 0.1) is 6.04 Å². The monoisotopic (exact) mass is 424 g/mol. The number of piperidine rings is 1. The van der Waals surface area contributed by atoms with E-state index in [0.29, 0.717) is 37.2 Å². The Morgan fingerprint density at radius 3 is 2.62 bits per heavy atom. The van der Waals surface area contributed by atoms with Crippen molar-refractivity contribution in [1.29, 1.82) is 0 Å². The SMILES string of the molecule is COCc1nc(C2CC3(CCN(S(=O)(=O)c4cn(C)c(C)n4)CC3)CN2C)no1. The van der Waals surface area contributed by atoms with Crippen LogP contribution in [-0.4, -0.2) is 71.1 Å². The summed E-state index contributed by atoms with van der Waals surface area (Å²) in [5, 5.41) is 4.26. The third kappa shape index (κ3) is 3.72. The van der Waals surface area contributed by atoms with Crippen LogP contribution in [0.15, 0.2) is 15.7 Å². The molecule has 4 heterocycles. The minimum atomic E-state index is -3.56. The van der Waals surface area contributed by atoms with Crippen LogP contribution >= 0.6 is 0 Å². The summed E-state index contributed by atoms with van der Waals surface area (Å²) in [6.07, 6.45) is 4.09. The van der Waals surface area contributed by atoms with Crippen molar-refractivity contribution in [2.75, 3.05) is 33.8 Å². The van der Waals surface area contributed by atoms with Crippen molar-refractivity contribution in [1.82, 2.24) is 28.9 Å². The van der Waals surface area contributed by atoms with E-state index < -0.39 is 10.0 Å². The van der Waals surface area contributed by atoms with Crippen molar-refractivity contribution in [2.24, 2.45) is 12.5 Å². The van der Waals surface area contributed by atoms with Gasteiger partial charge in [0.25, 0.3) is 15.9 Å². The Morgan fingerprint density at radius 1 is 1.28 bits per heavy atom. The largest absolute Gasteiger partial charge is 0.375 e. The number of hydrogen-bond donors (Lipinski definition) is 0. The van der Waals surface area contributed by atoms with Crippen LogP contribution < -0.4 is 0 Å². The smallest absolute Gasteiger partial charge is 0.262 e. The topological polar surface area (TPSA) is 107 Å². The molecular formula is C18H28N6O4S. The summed E-state index contributed by atoms with van der Waals surface area (Å²) in [4.78, 5) is 10.9. The van der Waals surface area contributed by atoms with Gasteiger partial charge < -0.3 is 13.8 Å². The van der Waals surface area contributed by atoms with Crippen LogP contribution in [-0.2, 0) is 28.4 Å². The molecule has 2 aromatic heterocycles. The molecule has 0 aromatic carbocycles. The van der Waals surface area contributed by atoms with Crippen LogP contribution in [0.1, 0.15) is 42.8 Å². The normalized spacial score (nSPS) is 23.2. The second-order valence-electron chi connectivity index (χ2n) is 8.26. The quantitative estimate of drug-likeness (QED) is 0.703. The Bertz CT molecular complexity index is 957. The van der Waals surface area contributed by atoms with E-state index in [0.717, 1.165) is 25.8 Å². The molecule has 29 heavy (non-hydrogen) atoms. The predicted octanol–water partition coefficient (Wildman–Crippen LogP) is 1.11. The molecule has 1 spiro atoms. The van der Waals surface area contributed by atoms with Gasteiger partial charge in [-0.2, -0.15) is 9.29 Å². The lowest BCUT2D eigenvalue weighted by molar-refractivity contribution is 0.151. The average Bonchev–Trinajstić information content (AvgIpc) is 3.35. The number of methoxy groups -OCH3 is 1. The number of hydrogen-bond acceptors (Lipinski definition) is 8. The van der Waals surface area contributed by atoms with E-state index in [1.54, 1.807) is 36.2 Å². The van der Waals surface area contributed by atoms with Gasteiger partial charge >= 0.3 is 0 Å². The first kappa shape index (κ1) is 20.5. The van der Waals surface area contributed by atoms with Gasteiger partial charge in [-0.1, -0.05) is 5.16 Å². The maximum absolute atomic E-state index is 13.0. The maximum atomic E-state index is 13.0. The standard InChI is InChI=1S/C18H28N6O4S/c1-13-19-16(10-22(13)2)29(25,26)24-7-5-18(6-8-24)9-14(23(3)12-18)17-20-15(11-27-4)28-21-17/h10,14H,5-9,11-12H2,1-4H3. The molecule has 0 bridgehead atoms. The Balaban J connectivity index is 1.44. The fourth-order valence-corrected chi connectivity index (χ4v) is 5.96. The van der Waals surface area contributed by atoms with Crippen LogP contribution in [0.25, 0.3) is 0 Å². The van der Waals surface area contributed by atoms with Crippen LogP contribution in [0.3, 0.4) is 0 Å². The fraction of sp³-hybridized carbons (Fsp3) is 0.722. The lowest BCUT2D eigenvalue weighted by Crippen LogP contribution is -2.44. The maximum Gasteiger partial charge on any atom is 0.262 e. The van der Waals surface area contributed by atoms with Gasteiger partial charge in [0.15, 0.2) is 10.9 Å². The first-order valence-corrected chi connectivity index (χ1v) is 11.2. The molecule has 2 aromatic rings. The Kier molecular flexibility index (Phi) is 5.26. The molecule has 0 radical (unpaired) electrons. The van der Waals surface area contributed by atoms with E-state index in [2.05, 4.69) is 27.1 Å². The second kappa shape index (κ2) is 7.46. The zero-order chi connectivity index (χ0) is 20.8. The minimum Gasteiger partial charge on any atom is -0.375 e.